The predicted molar refractivity (Wildman–Crippen MR) is 105 cm³/mol. The number of carbonyl (C=O) groups excluding carboxylic acids is 1. The highest BCUT2D eigenvalue weighted by atomic mass is 32.2. The van der Waals surface area contributed by atoms with Crippen LogP contribution >= 0.6 is 0 Å². The van der Waals surface area contributed by atoms with E-state index in [9.17, 15) is 17.6 Å². The summed E-state index contributed by atoms with van der Waals surface area (Å²) in [5, 5.41) is 3.03. The lowest BCUT2D eigenvalue weighted by molar-refractivity contribution is -0.120. The highest BCUT2D eigenvalue weighted by Crippen LogP contribution is 2.44. The number of hydrogen-bond acceptors (Lipinski definition) is 3. The molecule has 7 heteroatoms. The minimum atomic E-state index is -3.96. The second-order valence-corrected chi connectivity index (χ2v) is 9.51. The minimum Gasteiger partial charge on any atom is -0.352 e. The van der Waals surface area contributed by atoms with Crippen LogP contribution in [-0.4, -0.2) is 26.9 Å². The van der Waals surface area contributed by atoms with Crippen molar-refractivity contribution in [2.75, 3.05) is 10.8 Å². The molecule has 1 N–H and O–H groups in total. The zero-order chi connectivity index (χ0) is 19.7. The maximum Gasteiger partial charge on any atom is 0.264 e. The molecule has 0 unspecified atom stereocenters. The van der Waals surface area contributed by atoms with E-state index in [2.05, 4.69) is 5.32 Å². The molecule has 4 rings (SSSR count). The van der Waals surface area contributed by atoms with Crippen LogP contribution in [0.25, 0.3) is 0 Å². The number of nitrogens with one attached hydrogen (secondary N) is 1. The fraction of sp³-hybridized carbons (Fsp3) is 0.381. The molecule has 2 aromatic carbocycles. The number of nitrogens with zero attached hydrogens (tertiary/aromatic N) is 1. The third-order valence-electron chi connectivity index (χ3n) is 5.82. The van der Waals surface area contributed by atoms with Crippen molar-refractivity contribution in [1.82, 2.24) is 5.32 Å². The van der Waals surface area contributed by atoms with Gasteiger partial charge >= 0.3 is 0 Å². The van der Waals surface area contributed by atoms with Gasteiger partial charge < -0.3 is 5.32 Å². The van der Waals surface area contributed by atoms with Crippen LogP contribution in [-0.2, 0) is 14.8 Å². The number of hydrogen-bond donors (Lipinski definition) is 1. The van der Waals surface area contributed by atoms with Crippen LogP contribution in [0.2, 0.25) is 0 Å². The molecule has 2 aliphatic carbocycles. The Morgan fingerprint density at radius 3 is 2.36 bits per heavy atom. The summed E-state index contributed by atoms with van der Waals surface area (Å²) in [6.07, 6.45) is 4.47. The first-order chi connectivity index (χ1) is 13.4. The monoisotopic (exact) mass is 402 g/mol. The normalized spacial score (nSPS) is 23.5. The van der Waals surface area contributed by atoms with E-state index in [0.717, 1.165) is 23.6 Å². The van der Waals surface area contributed by atoms with Crippen molar-refractivity contribution < 1.29 is 17.6 Å². The lowest BCUT2D eigenvalue weighted by atomic mass is 9.95. The third-order valence-corrected chi connectivity index (χ3v) is 7.61. The smallest absolute Gasteiger partial charge is 0.264 e. The number of halogens is 1. The molecule has 0 saturated heterocycles. The Morgan fingerprint density at radius 2 is 1.75 bits per heavy atom. The van der Waals surface area contributed by atoms with Crippen LogP contribution in [0.4, 0.5) is 10.1 Å². The van der Waals surface area contributed by atoms with Crippen LogP contribution in [0.5, 0.6) is 0 Å². The Kier molecular flexibility index (Phi) is 5.10. The zero-order valence-corrected chi connectivity index (χ0v) is 16.2. The second-order valence-electron chi connectivity index (χ2n) is 7.65. The first-order valence-electron chi connectivity index (χ1n) is 9.56. The molecule has 2 aliphatic rings. The Hall–Kier alpha value is -2.41. The molecule has 0 spiro atoms. The van der Waals surface area contributed by atoms with Gasteiger partial charge in [-0.25, -0.2) is 12.8 Å². The summed E-state index contributed by atoms with van der Waals surface area (Å²) in [4.78, 5) is 12.8. The molecule has 0 aromatic heterocycles. The van der Waals surface area contributed by atoms with Gasteiger partial charge in [0.05, 0.1) is 10.6 Å². The molecular weight excluding hydrogens is 379 g/mol. The standard InChI is InChI=1S/C21H23FN2O3S/c22-17-8-10-18(11-9-17)24(28(26,27)19-4-2-1-3-5-19)14-21(25)23-20-13-15-6-7-16(20)12-15/h1-5,8-11,15-16,20H,6-7,12-14H2,(H,23,25)/t15-,16+,20+/m1/s1. The van der Waals surface area contributed by atoms with E-state index in [4.69, 9.17) is 0 Å². The van der Waals surface area contributed by atoms with E-state index < -0.39 is 15.8 Å². The van der Waals surface area contributed by atoms with Crippen LogP contribution in [0.1, 0.15) is 25.7 Å². The van der Waals surface area contributed by atoms with Crippen molar-refractivity contribution in [2.24, 2.45) is 11.8 Å². The van der Waals surface area contributed by atoms with Crippen molar-refractivity contribution in [2.45, 2.75) is 36.6 Å². The molecule has 3 atom stereocenters. The maximum atomic E-state index is 13.3. The van der Waals surface area contributed by atoms with Gasteiger partial charge in [-0.05, 0) is 67.5 Å². The van der Waals surface area contributed by atoms with Gasteiger partial charge in [-0.3, -0.25) is 9.10 Å². The van der Waals surface area contributed by atoms with Gasteiger partial charge in [0.2, 0.25) is 5.91 Å². The highest BCUT2D eigenvalue weighted by Gasteiger charge is 2.40. The van der Waals surface area contributed by atoms with Crippen LogP contribution in [0, 0.1) is 17.7 Å². The molecule has 1 amide bonds. The number of sulfonamides is 1. The number of benzene rings is 2. The molecule has 5 nitrogen and oxygen atoms in total. The molecular formula is C21H23FN2O3S. The molecule has 148 valence electrons. The van der Waals surface area contributed by atoms with Gasteiger partial charge in [0.15, 0.2) is 0 Å². The summed E-state index contributed by atoms with van der Waals surface area (Å²) in [5.74, 6) is 0.379. The zero-order valence-electron chi connectivity index (χ0n) is 15.4. The summed E-state index contributed by atoms with van der Waals surface area (Å²) in [6, 6.07) is 13.2. The van der Waals surface area contributed by atoms with Gasteiger partial charge in [-0.15, -0.1) is 0 Å². The molecule has 2 saturated carbocycles. The number of rotatable bonds is 6. The molecule has 2 aromatic rings. The Bertz CT molecular complexity index is 947. The summed E-state index contributed by atoms with van der Waals surface area (Å²) in [5.41, 5.74) is 0.258. The van der Waals surface area contributed by atoms with Gasteiger partial charge in [-0.1, -0.05) is 24.6 Å². The molecule has 28 heavy (non-hydrogen) atoms. The molecule has 0 heterocycles. The summed E-state index contributed by atoms with van der Waals surface area (Å²) < 4.78 is 40.7. The predicted octanol–water partition coefficient (Wildman–Crippen LogP) is 3.33. The molecule has 0 aliphatic heterocycles. The second kappa shape index (κ2) is 7.54. The first-order valence-corrected chi connectivity index (χ1v) is 11.0. The van der Waals surface area contributed by atoms with Crippen molar-refractivity contribution in [3.63, 3.8) is 0 Å². The topological polar surface area (TPSA) is 66.5 Å². The minimum absolute atomic E-state index is 0.0899. The summed E-state index contributed by atoms with van der Waals surface area (Å²) in [6.45, 7) is -0.337. The van der Waals surface area contributed by atoms with Gasteiger partial charge in [0.1, 0.15) is 12.4 Å². The first kappa shape index (κ1) is 18.9. The molecule has 2 bridgehead atoms. The van der Waals surface area contributed by atoms with Crippen LogP contribution in [0.15, 0.2) is 59.5 Å². The van der Waals surface area contributed by atoms with Crippen LogP contribution < -0.4 is 9.62 Å². The largest absolute Gasteiger partial charge is 0.352 e. The fourth-order valence-corrected chi connectivity index (χ4v) is 5.89. The van der Waals surface area contributed by atoms with E-state index in [1.165, 1.54) is 42.8 Å². The Balaban J connectivity index is 1.58. The van der Waals surface area contributed by atoms with Gasteiger partial charge in [0, 0.05) is 6.04 Å². The van der Waals surface area contributed by atoms with Crippen molar-refractivity contribution >= 4 is 21.6 Å². The maximum absolute atomic E-state index is 13.3. The molecule has 0 radical (unpaired) electrons. The van der Waals surface area contributed by atoms with E-state index >= 15 is 0 Å². The number of carbonyl (C=O) groups is 1. The number of amides is 1. The Morgan fingerprint density at radius 1 is 1.04 bits per heavy atom. The van der Waals surface area contributed by atoms with Crippen molar-refractivity contribution in [1.29, 1.82) is 0 Å². The number of fused-ring (bicyclic) bond motifs is 2. The number of anilines is 1. The third kappa shape index (κ3) is 3.76. The lowest BCUT2D eigenvalue weighted by Crippen LogP contribution is -2.46. The lowest BCUT2D eigenvalue weighted by Gasteiger charge is -2.27. The highest BCUT2D eigenvalue weighted by molar-refractivity contribution is 7.92. The van der Waals surface area contributed by atoms with E-state index in [0.29, 0.717) is 11.8 Å². The van der Waals surface area contributed by atoms with E-state index in [-0.39, 0.29) is 29.1 Å². The van der Waals surface area contributed by atoms with Gasteiger partial charge in [-0.2, -0.15) is 0 Å². The van der Waals surface area contributed by atoms with E-state index in [1.54, 1.807) is 18.2 Å². The average molecular weight is 402 g/mol. The van der Waals surface area contributed by atoms with Crippen molar-refractivity contribution in [3.8, 4) is 0 Å². The summed E-state index contributed by atoms with van der Waals surface area (Å²) >= 11 is 0. The average Bonchev–Trinajstić information content (AvgIpc) is 3.31. The fourth-order valence-electron chi connectivity index (χ4n) is 4.45. The quantitative estimate of drug-likeness (QED) is 0.806. The van der Waals surface area contributed by atoms with Crippen LogP contribution in [0.3, 0.4) is 0 Å². The molecule has 2 fully saturated rings. The van der Waals surface area contributed by atoms with E-state index in [1.807, 2.05) is 0 Å². The summed E-state index contributed by atoms with van der Waals surface area (Å²) in [7, 11) is -3.96. The van der Waals surface area contributed by atoms with Gasteiger partial charge in [0.25, 0.3) is 10.0 Å². The SMILES string of the molecule is O=C(CN(c1ccc(F)cc1)S(=O)(=O)c1ccccc1)N[C@H]1C[C@@H]2CC[C@H]1C2. The Labute approximate surface area is 164 Å². The van der Waals surface area contributed by atoms with Crippen molar-refractivity contribution in [3.05, 3.63) is 60.4 Å².